The van der Waals surface area contributed by atoms with Crippen LogP contribution >= 0.6 is 11.8 Å². The lowest BCUT2D eigenvalue weighted by Crippen LogP contribution is -2.30. The molecule has 0 bridgehead atoms. The summed E-state index contributed by atoms with van der Waals surface area (Å²) >= 11 is 1.28. The number of hydrogen-bond acceptors (Lipinski definition) is 6. The zero-order chi connectivity index (χ0) is 20.0. The molecule has 2 rings (SSSR count). The highest BCUT2D eigenvalue weighted by atomic mass is 32.2. The Labute approximate surface area is 163 Å². The van der Waals surface area contributed by atoms with E-state index in [1.165, 1.54) is 23.9 Å². The second-order valence-electron chi connectivity index (χ2n) is 6.10. The van der Waals surface area contributed by atoms with Crippen molar-refractivity contribution in [1.29, 1.82) is 0 Å². The average molecular weight is 410 g/mol. The van der Waals surface area contributed by atoms with Gasteiger partial charge in [-0.1, -0.05) is 17.8 Å². The summed E-state index contributed by atoms with van der Waals surface area (Å²) < 4.78 is 28.6. The average Bonchev–Trinajstić information content (AvgIpc) is 3.01. The Bertz CT molecular complexity index is 892. The molecule has 0 radical (unpaired) electrons. The molecule has 10 heteroatoms. The van der Waals surface area contributed by atoms with Gasteiger partial charge in [-0.25, -0.2) is 13.1 Å². The maximum atomic E-state index is 12.4. The molecule has 1 amide bonds. The molecule has 0 aliphatic heterocycles. The van der Waals surface area contributed by atoms with E-state index in [0.717, 1.165) is 0 Å². The molecule has 2 N–H and O–H groups in total. The fraction of sp³-hybridized carbons (Fsp3) is 0.353. The quantitative estimate of drug-likeness (QED) is 0.486. The highest BCUT2D eigenvalue weighted by molar-refractivity contribution is 8.00. The number of hydrogen-bond donors (Lipinski definition) is 2. The third-order valence-corrected chi connectivity index (χ3v) is 6.15. The summed E-state index contributed by atoms with van der Waals surface area (Å²) in [5.74, 6) is -0.218. The molecule has 0 saturated heterocycles. The largest absolute Gasteiger partial charge is 0.325 e. The van der Waals surface area contributed by atoms with Crippen LogP contribution in [0, 0.1) is 0 Å². The van der Waals surface area contributed by atoms with E-state index in [1.54, 1.807) is 49.9 Å². The monoisotopic (exact) mass is 409 g/mol. The van der Waals surface area contributed by atoms with Gasteiger partial charge < -0.3 is 9.88 Å². The van der Waals surface area contributed by atoms with E-state index in [9.17, 15) is 13.2 Å². The Balaban J connectivity index is 2.01. The highest BCUT2D eigenvalue weighted by Gasteiger charge is 2.19. The molecule has 1 heterocycles. The second-order valence-corrected chi connectivity index (χ2v) is 9.13. The van der Waals surface area contributed by atoms with E-state index in [2.05, 4.69) is 26.8 Å². The number of anilines is 1. The van der Waals surface area contributed by atoms with Crippen LogP contribution in [0.5, 0.6) is 0 Å². The highest BCUT2D eigenvalue weighted by Crippen LogP contribution is 2.22. The number of amides is 1. The lowest BCUT2D eigenvalue weighted by Gasteiger charge is -2.13. The minimum Gasteiger partial charge on any atom is -0.325 e. The normalized spacial score (nSPS) is 12.7. The zero-order valence-electron chi connectivity index (χ0n) is 15.4. The molecule has 0 aliphatic rings. The van der Waals surface area contributed by atoms with Crippen LogP contribution in [0.4, 0.5) is 5.69 Å². The zero-order valence-corrected chi connectivity index (χ0v) is 17.0. The van der Waals surface area contributed by atoms with Gasteiger partial charge in [-0.05, 0) is 45.0 Å². The fourth-order valence-electron chi connectivity index (χ4n) is 2.15. The molecule has 8 nitrogen and oxygen atoms in total. The van der Waals surface area contributed by atoms with Crippen molar-refractivity contribution in [2.45, 2.75) is 48.7 Å². The van der Waals surface area contributed by atoms with Crippen LogP contribution in [0.1, 0.15) is 20.8 Å². The lowest BCUT2D eigenvalue weighted by atomic mass is 10.3. The predicted molar refractivity (Wildman–Crippen MR) is 106 cm³/mol. The SMILES string of the molecule is C=CCn1cnnc1SC(C)C(=O)Nc1ccc(S(=O)(=O)NC(C)C)cc1. The van der Waals surface area contributed by atoms with Gasteiger partial charge in [0.05, 0.1) is 10.1 Å². The van der Waals surface area contributed by atoms with E-state index in [4.69, 9.17) is 0 Å². The van der Waals surface area contributed by atoms with Crippen molar-refractivity contribution in [3.8, 4) is 0 Å². The maximum Gasteiger partial charge on any atom is 0.240 e. The Morgan fingerprint density at radius 2 is 1.96 bits per heavy atom. The fourth-order valence-corrected chi connectivity index (χ4v) is 4.24. The topological polar surface area (TPSA) is 106 Å². The number of carbonyl (C=O) groups is 1. The first kappa shape index (κ1) is 21.1. The van der Waals surface area contributed by atoms with E-state index >= 15 is 0 Å². The van der Waals surface area contributed by atoms with E-state index in [1.807, 2.05) is 0 Å². The second kappa shape index (κ2) is 9.16. The first-order valence-corrected chi connectivity index (χ1v) is 10.7. The Morgan fingerprint density at radius 1 is 1.30 bits per heavy atom. The lowest BCUT2D eigenvalue weighted by molar-refractivity contribution is -0.115. The predicted octanol–water partition coefficient (Wildman–Crippen LogP) is 2.27. The molecule has 0 saturated carbocycles. The smallest absolute Gasteiger partial charge is 0.240 e. The van der Waals surface area contributed by atoms with Crippen LogP contribution in [0.2, 0.25) is 0 Å². The number of nitrogens with one attached hydrogen (secondary N) is 2. The standard InChI is InChI=1S/C17H23N5O3S2/c1-5-10-22-11-18-20-17(22)26-13(4)16(23)19-14-6-8-15(9-7-14)27(24,25)21-12(2)3/h5-9,11-13,21H,1,10H2,2-4H3,(H,19,23). The first-order chi connectivity index (χ1) is 12.7. The van der Waals surface area contributed by atoms with Crippen molar-refractivity contribution in [3.05, 3.63) is 43.2 Å². The molecule has 1 unspecified atom stereocenters. The summed E-state index contributed by atoms with van der Waals surface area (Å²) in [5.41, 5.74) is 0.517. The van der Waals surface area contributed by atoms with Crippen molar-refractivity contribution in [1.82, 2.24) is 19.5 Å². The Kier molecular flexibility index (Phi) is 7.17. The van der Waals surface area contributed by atoms with Crippen LogP contribution in [-0.2, 0) is 21.4 Å². The van der Waals surface area contributed by atoms with Gasteiger partial charge in [-0.2, -0.15) is 0 Å². The molecule has 2 aromatic rings. The molecular weight excluding hydrogens is 386 g/mol. The van der Waals surface area contributed by atoms with Crippen molar-refractivity contribution in [2.75, 3.05) is 5.32 Å². The van der Waals surface area contributed by atoms with Crippen molar-refractivity contribution < 1.29 is 13.2 Å². The molecule has 27 heavy (non-hydrogen) atoms. The molecular formula is C17H23N5O3S2. The molecule has 0 aliphatic carbocycles. The third-order valence-electron chi connectivity index (χ3n) is 3.38. The van der Waals surface area contributed by atoms with E-state index in [-0.39, 0.29) is 16.8 Å². The van der Waals surface area contributed by atoms with Gasteiger partial charge in [0, 0.05) is 18.3 Å². The van der Waals surface area contributed by atoms with Crippen LogP contribution in [0.25, 0.3) is 0 Å². The Hall–Kier alpha value is -2.17. The van der Waals surface area contributed by atoms with Crippen molar-refractivity contribution >= 4 is 33.4 Å². The minimum atomic E-state index is -3.56. The summed E-state index contributed by atoms with van der Waals surface area (Å²) in [4.78, 5) is 12.5. The van der Waals surface area contributed by atoms with Crippen LogP contribution in [-0.4, -0.2) is 40.4 Å². The van der Waals surface area contributed by atoms with Gasteiger partial charge in [0.15, 0.2) is 5.16 Å². The van der Waals surface area contributed by atoms with Crippen molar-refractivity contribution in [3.63, 3.8) is 0 Å². The minimum absolute atomic E-state index is 0.147. The van der Waals surface area contributed by atoms with Gasteiger partial charge in [0.1, 0.15) is 6.33 Å². The Morgan fingerprint density at radius 3 is 2.56 bits per heavy atom. The van der Waals surface area contributed by atoms with Crippen molar-refractivity contribution in [2.24, 2.45) is 0 Å². The summed E-state index contributed by atoms with van der Waals surface area (Å²) in [7, 11) is -3.56. The number of aromatic nitrogens is 3. The van der Waals surface area contributed by atoms with Crippen LogP contribution < -0.4 is 10.0 Å². The molecule has 1 atom stereocenters. The number of allylic oxidation sites excluding steroid dienone is 1. The number of thioether (sulfide) groups is 1. The third kappa shape index (κ3) is 5.91. The summed E-state index contributed by atoms with van der Waals surface area (Å²) in [6.45, 7) is 9.50. The van der Waals surface area contributed by atoms with E-state index < -0.39 is 15.3 Å². The number of rotatable bonds is 9. The molecule has 1 aromatic heterocycles. The van der Waals surface area contributed by atoms with Gasteiger partial charge in [-0.3, -0.25) is 4.79 Å². The van der Waals surface area contributed by atoms with Crippen LogP contribution in [0.3, 0.4) is 0 Å². The van der Waals surface area contributed by atoms with Gasteiger partial charge >= 0.3 is 0 Å². The van der Waals surface area contributed by atoms with Gasteiger partial charge in [-0.15, -0.1) is 16.8 Å². The number of nitrogens with zero attached hydrogens (tertiary/aromatic N) is 3. The maximum absolute atomic E-state index is 12.4. The van der Waals surface area contributed by atoms with Gasteiger partial charge in [0.2, 0.25) is 15.9 Å². The first-order valence-electron chi connectivity index (χ1n) is 8.31. The number of carbonyl (C=O) groups excluding carboxylic acids is 1. The molecule has 0 fully saturated rings. The molecule has 146 valence electrons. The van der Waals surface area contributed by atoms with Gasteiger partial charge in [0.25, 0.3) is 0 Å². The summed E-state index contributed by atoms with van der Waals surface area (Å²) in [6.07, 6.45) is 3.31. The van der Waals surface area contributed by atoms with Crippen LogP contribution in [0.15, 0.2) is 53.3 Å². The molecule has 0 spiro atoms. The number of benzene rings is 1. The number of sulfonamides is 1. The molecule has 1 aromatic carbocycles. The summed E-state index contributed by atoms with van der Waals surface area (Å²) in [6, 6.07) is 5.84. The summed E-state index contributed by atoms with van der Waals surface area (Å²) in [5, 5.41) is 10.8. The van der Waals surface area contributed by atoms with E-state index in [0.29, 0.717) is 17.4 Å².